The van der Waals surface area contributed by atoms with Gasteiger partial charge in [0.15, 0.2) is 11.5 Å². The van der Waals surface area contributed by atoms with Gasteiger partial charge in [-0.05, 0) is 60.3 Å². The van der Waals surface area contributed by atoms with Crippen molar-refractivity contribution < 1.29 is 9.84 Å². The summed E-state index contributed by atoms with van der Waals surface area (Å²) < 4.78 is 6.02. The molecule has 0 bridgehead atoms. The fourth-order valence-corrected chi connectivity index (χ4v) is 1.92. The van der Waals surface area contributed by atoms with Gasteiger partial charge in [0.1, 0.15) is 0 Å². The van der Waals surface area contributed by atoms with Crippen LogP contribution >= 0.6 is 15.9 Å². The molecule has 0 aromatic heterocycles. The van der Waals surface area contributed by atoms with Crippen LogP contribution in [0.2, 0.25) is 0 Å². The maximum absolute atomic E-state index is 9.73. The van der Waals surface area contributed by atoms with Crippen molar-refractivity contribution in [2.24, 2.45) is 5.73 Å². The lowest BCUT2D eigenvalue weighted by Crippen LogP contribution is -2.15. The molecule has 1 rings (SSSR count). The Morgan fingerprint density at radius 3 is 2.75 bits per heavy atom. The average molecular weight is 288 g/mol. The number of phenols is 1. The summed E-state index contributed by atoms with van der Waals surface area (Å²) in [6, 6.07) is 3.95. The molecule has 0 heterocycles. The van der Waals surface area contributed by atoms with Crippen LogP contribution < -0.4 is 10.5 Å². The minimum absolute atomic E-state index is 0.159. The standard InChI is InChI=1S/C12H18BrNO2/c1-3-16-11-7-9(5-4-8(2)14)6-10(13)12(11)15/h6-8,15H,3-5,14H2,1-2H3. The minimum Gasteiger partial charge on any atom is -0.503 e. The second-order valence-electron chi connectivity index (χ2n) is 3.87. The van der Waals surface area contributed by atoms with Crippen LogP contribution in [0.1, 0.15) is 25.8 Å². The Balaban J connectivity index is 2.86. The SMILES string of the molecule is CCOc1cc(CCC(C)N)cc(Br)c1O. The monoisotopic (exact) mass is 287 g/mol. The number of phenolic OH excluding ortho intramolecular Hbond substituents is 1. The van der Waals surface area contributed by atoms with Crippen molar-refractivity contribution in [3.63, 3.8) is 0 Å². The topological polar surface area (TPSA) is 55.5 Å². The van der Waals surface area contributed by atoms with Crippen LogP contribution in [-0.4, -0.2) is 17.8 Å². The lowest BCUT2D eigenvalue weighted by molar-refractivity contribution is 0.317. The third kappa shape index (κ3) is 3.68. The van der Waals surface area contributed by atoms with Crippen molar-refractivity contribution in [1.82, 2.24) is 0 Å². The van der Waals surface area contributed by atoms with Gasteiger partial charge in [0.05, 0.1) is 11.1 Å². The first-order valence-corrected chi connectivity index (χ1v) is 6.23. The van der Waals surface area contributed by atoms with Crippen molar-refractivity contribution in [2.45, 2.75) is 32.7 Å². The summed E-state index contributed by atoms with van der Waals surface area (Å²) >= 11 is 3.31. The lowest BCUT2D eigenvalue weighted by atomic mass is 10.1. The normalized spacial score (nSPS) is 12.5. The molecular formula is C12H18BrNO2. The highest BCUT2D eigenvalue weighted by Gasteiger charge is 2.09. The van der Waals surface area contributed by atoms with E-state index in [-0.39, 0.29) is 11.8 Å². The molecule has 90 valence electrons. The van der Waals surface area contributed by atoms with E-state index in [9.17, 15) is 5.11 Å². The second-order valence-corrected chi connectivity index (χ2v) is 4.73. The number of hydrogen-bond acceptors (Lipinski definition) is 3. The van der Waals surface area contributed by atoms with Crippen LogP contribution in [0.25, 0.3) is 0 Å². The van der Waals surface area contributed by atoms with Gasteiger partial charge in [-0.2, -0.15) is 0 Å². The molecule has 0 fully saturated rings. The van der Waals surface area contributed by atoms with Crippen LogP contribution in [0.15, 0.2) is 16.6 Å². The summed E-state index contributed by atoms with van der Waals surface area (Å²) in [5.74, 6) is 0.683. The number of ether oxygens (including phenoxy) is 1. The molecule has 1 aromatic carbocycles. The first-order valence-electron chi connectivity index (χ1n) is 5.44. The molecule has 3 N–H and O–H groups in total. The average Bonchev–Trinajstić information content (AvgIpc) is 2.22. The molecular weight excluding hydrogens is 270 g/mol. The Morgan fingerprint density at radius 1 is 1.50 bits per heavy atom. The zero-order valence-electron chi connectivity index (χ0n) is 9.66. The molecule has 0 spiro atoms. The molecule has 16 heavy (non-hydrogen) atoms. The highest BCUT2D eigenvalue weighted by Crippen LogP contribution is 2.35. The highest BCUT2D eigenvalue weighted by atomic mass is 79.9. The lowest BCUT2D eigenvalue weighted by Gasteiger charge is -2.11. The third-order valence-corrected chi connectivity index (χ3v) is 2.88. The number of rotatable bonds is 5. The number of benzene rings is 1. The molecule has 0 aliphatic rings. The fraction of sp³-hybridized carbons (Fsp3) is 0.500. The van der Waals surface area contributed by atoms with E-state index in [1.807, 2.05) is 26.0 Å². The van der Waals surface area contributed by atoms with Crippen LogP contribution in [0.4, 0.5) is 0 Å². The van der Waals surface area contributed by atoms with Gasteiger partial charge in [0.25, 0.3) is 0 Å². The van der Waals surface area contributed by atoms with Crippen molar-refractivity contribution in [3.05, 3.63) is 22.2 Å². The first-order chi connectivity index (χ1) is 7.54. The summed E-state index contributed by atoms with van der Waals surface area (Å²) in [6.07, 6.45) is 1.80. The van der Waals surface area contributed by atoms with Gasteiger partial charge in [0.2, 0.25) is 0 Å². The van der Waals surface area contributed by atoms with Gasteiger partial charge in [-0.25, -0.2) is 0 Å². The molecule has 0 amide bonds. The first kappa shape index (κ1) is 13.3. The smallest absolute Gasteiger partial charge is 0.172 e. The summed E-state index contributed by atoms with van der Waals surface area (Å²) in [5.41, 5.74) is 6.83. The van der Waals surface area contributed by atoms with Crippen molar-refractivity contribution in [3.8, 4) is 11.5 Å². The van der Waals surface area contributed by atoms with E-state index in [1.165, 1.54) is 0 Å². The summed E-state index contributed by atoms with van der Waals surface area (Å²) in [6.45, 7) is 4.41. The Labute approximate surface area is 105 Å². The number of aromatic hydroxyl groups is 1. The van der Waals surface area contributed by atoms with E-state index < -0.39 is 0 Å². The Bertz CT molecular complexity index is 353. The second kappa shape index (κ2) is 6.11. The molecule has 1 aromatic rings. The van der Waals surface area contributed by atoms with Gasteiger partial charge >= 0.3 is 0 Å². The quantitative estimate of drug-likeness (QED) is 0.876. The molecule has 1 unspecified atom stereocenters. The van der Waals surface area contributed by atoms with E-state index in [1.54, 1.807) is 0 Å². The fourth-order valence-electron chi connectivity index (χ4n) is 1.43. The number of halogens is 1. The molecule has 1 atom stereocenters. The van der Waals surface area contributed by atoms with E-state index in [0.29, 0.717) is 16.8 Å². The van der Waals surface area contributed by atoms with Crippen molar-refractivity contribution in [2.75, 3.05) is 6.61 Å². The maximum Gasteiger partial charge on any atom is 0.172 e. The van der Waals surface area contributed by atoms with Crippen LogP contribution in [0.5, 0.6) is 11.5 Å². The number of aryl methyl sites for hydroxylation is 1. The number of hydrogen-bond donors (Lipinski definition) is 2. The van der Waals surface area contributed by atoms with Crippen LogP contribution in [0, 0.1) is 0 Å². The Hall–Kier alpha value is -0.740. The van der Waals surface area contributed by atoms with Crippen molar-refractivity contribution in [1.29, 1.82) is 0 Å². The van der Waals surface area contributed by atoms with E-state index >= 15 is 0 Å². The van der Waals surface area contributed by atoms with E-state index in [4.69, 9.17) is 10.5 Å². The Morgan fingerprint density at radius 2 is 2.19 bits per heavy atom. The van der Waals surface area contributed by atoms with Crippen LogP contribution in [0.3, 0.4) is 0 Å². The summed E-state index contributed by atoms with van der Waals surface area (Å²) in [5, 5.41) is 9.73. The largest absolute Gasteiger partial charge is 0.503 e. The minimum atomic E-state index is 0.159. The predicted molar refractivity (Wildman–Crippen MR) is 68.9 cm³/mol. The van der Waals surface area contributed by atoms with Gasteiger partial charge in [-0.1, -0.05) is 0 Å². The summed E-state index contributed by atoms with van der Waals surface area (Å²) in [7, 11) is 0. The molecule has 0 saturated heterocycles. The summed E-state index contributed by atoms with van der Waals surface area (Å²) in [4.78, 5) is 0. The van der Waals surface area contributed by atoms with Gasteiger partial charge in [-0.3, -0.25) is 0 Å². The molecule has 0 saturated carbocycles. The van der Waals surface area contributed by atoms with E-state index in [2.05, 4.69) is 15.9 Å². The molecule has 0 aliphatic heterocycles. The van der Waals surface area contributed by atoms with Crippen LogP contribution in [-0.2, 0) is 6.42 Å². The van der Waals surface area contributed by atoms with Gasteiger partial charge < -0.3 is 15.6 Å². The van der Waals surface area contributed by atoms with Crippen molar-refractivity contribution >= 4 is 15.9 Å². The zero-order chi connectivity index (χ0) is 12.1. The van der Waals surface area contributed by atoms with E-state index in [0.717, 1.165) is 18.4 Å². The highest BCUT2D eigenvalue weighted by molar-refractivity contribution is 9.10. The molecule has 0 radical (unpaired) electrons. The third-order valence-electron chi connectivity index (χ3n) is 2.28. The molecule has 4 heteroatoms. The van der Waals surface area contributed by atoms with Gasteiger partial charge in [0, 0.05) is 6.04 Å². The van der Waals surface area contributed by atoms with Gasteiger partial charge in [-0.15, -0.1) is 0 Å². The maximum atomic E-state index is 9.73. The molecule has 3 nitrogen and oxygen atoms in total. The molecule has 0 aliphatic carbocycles. The predicted octanol–water partition coefficient (Wildman–Crippen LogP) is 2.83. The zero-order valence-corrected chi connectivity index (χ0v) is 11.3. The number of nitrogens with two attached hydrogens (primary N) is 1. The Kier molecular flexibility index (Phi) is 5.09.